The molecule has 0 radical (unpaired) electrons. The van der Waals surface area contributed by atoms with E-state index in [-0.39, 0.29) is 5.97 Å². The third-order valence-corrected chi connectivity index (χ3v) is 3.47. The predicted octanol–water partition coefficient (Wildman–Crippen LogP) is 2.74. The fourth-order valence-corrected chi connectivity index (χ4v) is 2.72. The van der Waals surface area contributed by atoms with E-state index in [2.05, 4.69) is 26.1 Å². The molecule has 0 aromatic rings. The third-order valence-electron chi connectivity index (χ3n) is 3.47. The van der Waals surface area contributed by atoms with E-state index in [1.54, 1.807) is 0 Å². The number of esters is 1. The average molecular weight is 241 g/mol. The summed E-state index contributed by atoms with van der Waals surface area (Å²) in [5.74, 6) is 1.43. The van der Waals surface area contributed by atoms with E-state index in [0.717, 1.165) is 24.7 Å². The van der Waals surface area contributed by atoms with Gasteiger partial charge < -0.3 is 10.1 Å². The molecule has 1 rings (SSSR count). The molecule has 0 amide bonds. The molecule has 2 atom stereocenters. The van der Waals surface area contributed by atoms with Crippen LogP contribution >= 0.6 is 0 Å². The summed E-state index contributed by atoms with van der Waals surface area (Å²) in [7, 11) is 0. The van der Waals surface area contributed by atoms with Crippen molar-refractivity contribution in [1.29, 1.82) is 0 Å². The molecule has 0 aromatic carbocycles. The number of carbonyl (C=O) groups excluding carboxylic acids is 1. The summed E-state index contributed by atoms with van der Waals surface area (Å²) in [6, 6.07) is 0.493. The molecule has 1 aliphatic carbocycles. The second kappa shape index (κ2) is 7.70. The lowest BCUT2D eigenvalue weighted by molar-refractivity contribution is -0.142. The molecule has 3 nitrogen and oxygen atoms in total. The number of ether oxygens (including phenoxy) is 1. The highest BCUT2D eigenvalue weighted by Crippen LogP contribution is 2.28. The van der Waals surface area contributed by atoms with Gasteiger partial charge in [-0.25, -0.2) is 0 Å². The van der Waals surface area contributed by atoms with Crippen molar-refractivity contribution in [3.05, 3.63) is 0 Å². The van der Waals surface area contributed by atoms with Crippen LogP contribution in [0, 0.1) is 11.8 Å². The van der Waals surface area contributed by atoms with E-state index in [1.807, 2.05) is 0 Å². The molecule has 0 spiro atoms. The molecule has 0 aliphatic heterocycles. The van der Waals surface area contributed by atoms with Crippen LogP contribution in [-0.2, 0) is 9.53 Å². The lowest BCUT2D eigenvalue weighted by Gasteiger charge is -2.31. The van der Waals surface area contributed by atoms with Crippen LogP contribution in [0.2, 0.25) is 0 Å². The number of rotatable bonds is 6. The first kappa shape index (κ1) is 14.5. The van der Waals surface area contributed by atoms with Crippen LogP contribution in [0.1, 0.15) is 52.9 Å². The molecule has 3 heteroatoms. The third kappa shape index (κ3) is 6.06. The highest BCUT2D eigenvalue weighted by Gasteiger charge is 2.23. The SMILES string of the molecule is CCCCOC(=O)CNC1CC(C)CC(C)C1. The van der Waals surface area contributed by atoms with Gasteiger partial charge in [0.15, 0.2) is 0 Å². The lowest BCUT2D eigenvalue weighted by atomic mass is 9.80. The molecule has 2 unspecified atom stereocenters. The second-order valence-electron chi connectivity index (χ2n) is 5.57. The van der Waals surface area contributed by atoms with Crippen molar-refractivity contribution < 1.29 is 9.53 Å². The van der Waals surface area contributed by atoms with Gasteiger partial charge in [-0.05, 0) is 37.5 Å². The van der Waals surface area contributed by atoms with Crippen LogP contribution < -0.4 is 5.32 Å². The largest absolute Gasteiger partial charge is 0.465 e. The topological polar surface area (TPSA) is 38.3 Å². The van der Waals surface area contributed by atoms with Gasteiger partial charge in [0.1, 0.15) is 0 Å². The molecule has 0 saturated heterocycles. The van der Waals surface area contributed by atoms with Gasteiger partial charge >= 0.3 is 5.97 Å². The predicted molar refractivity (Wildman–Crippen MR) is 69.8 cm³/mol. The van der Waals surface area contributed by atoms with Crippen molar-refractivity contribution in [2.75, 3.05) is 13.2 Å². The van der Waals surface area contributed by atoms with Gasteiger partial charge in [-0.3, -0.25) is 4.79 Å². The van der Waals surface area contributed by atoms with E-state index >= 15 is 0 Å². The summed E-state index contributed by atoms with van der Waals surface area (Å²) in [5, 5.41) is 3.33. The van der Waals surface area contributed by atoms with Gasteiger partial charge in [0.05, 0.1) is 13.2 Å². The van der Waals surface area contributed by atoms with Crippen molar-refractivity contribution in [3.8, 4) is 0 Å². The van der Waals surface area contributed by atoms with Gasteiger partial charge in [0.2, 0.25) is 0 Å². The molecule has 1 aliphatic rings. The van der Waals surface area contributed by atoms with E-state index in [4.69, 9.17) is 4.74 Å². The standard InChI is InChI=1S/C14H27NO2/c1-4-5-6-17-14(16)10-15-13-8-11(2)7-12(3)9-13/h11-13,15H,4-10H2,1-3H3. The van der Waals surface area contributed by atoms with Gasteiger partial charge in [-0.2, -0.15) is 0 Å². The number of nitrogens with one attached hydrogen (secondary N) is 1. The molecule has 0 heterocycles. The smallest absolute Gasteiger partial charge is 0.319 e. The highest BCUT2D eigenvalue weighted by atomic mass is 16.5. The van der Waals surface area contributed by atoms with Gasteiger partial charge in [-0.15, -0.1) is 0 Å². The number of unbranched alkanes of at least 4 members (excludes halogenated alkanes) is 1. The van der Waals surface area contributed by atoms with Gasteiger partial charge in [0.25, 0.3) is 0 Å². The average Bonchev–Trinajstić information content (AvgIpc) is 2.25. The molecule has 100 valence electrons. The maximum atomic E-state index is 11.4. The molecule has 17 heavy (non-hydrogen) atoms. The zero-order chi connectivity index (χ0) is 12.7. The van der Waals surface area contributed by atoms with Crippen LogP contribution in [-0.4, -0.2) is 25.2 Å². The number of hydrogen-bond donors (Lipinski definition) is 1. The zero-order valence-corrected chi connectivity index (χ0v) is 11.5. The summed E-state index contributed by atoms with van der Waals surface area (Å²) in [6.45, 7) is 7.62. The van der Waals surface area contributed by atoms with Crippen LogP contribution in [0.3, 0.4) is 0 Å². The molecule has 1 fully saturated rings. The van der Waals surface area contributed by atoms with Crippen molar-refractivity contribution >= 4 is 5.97 Å². The molecule has 0 aromatic heterocycles. The van der Waals surface area contributed by atoms with Crippen LogP contribution in [0.25, 0.3) is 0 Å². The van der Waals surface area contributed by atoms with Crippen LogP contribution in [0.4, 0.5) is 0 Å². The molecule has 0 bridgehead atoms. The second-order valence-corrected chi connectivity index (χ2v) is 5.57. The van der Waals surface area contributed by atoms with E-state index in [0.29, 0.717) is 19.2 Å². The Bertz CT molecular complexity index is 220. The normalized spacial score (nSPS) is 29.0. The van der Waals surface area contributed by atoms with Crippen LogP contribution in [0.15, 0.2) is 0 Å². The Morgan fingerprint density at radius 3 is 2.47 bits per heavy atom. The fourth-order valence-electron chi connectivity index (χ4n) is 2.72. The minimum absolute atomic E-state index is 0.107. The molecular formula is C14H27NO2. The summed E-state index contributed by atoms with van der Waals surface area (Å²) >= 11 is 0. The Morgan fingerprint density at radius 2 is 1.88 bits per heavy atom. The van der Waals surface area contributed by atoms with Crippen molar-refractivity contribution in [1.82, 2.24) is 5.32 Å². The summed E-state index contributed by atoms with van der Waals surface area (Å²) in [6.07, 6.45) is 5.72. The number of hydrogen-bond acceptors (Lipinski definition) is 3. The van der Waals surface area contributed by atoms with Crippen molar-refractivity contribution in [3.63, 3.8) is 0 Å². The minimum atomic E-state index is -0.107. The Kier molecular flexibility index (Phi) is 6.56. The maximum absolute atomic E-state index is 11.4. The van der Waals surface area contributed by atoms with Crippen molar-refractivity contribution in [2.24, 2.45) is 11.8 Å². The zero-order valence-electron chi connectivity index (χ0n) is 11.5. The Hall–Kier alpha value is -0.570. The molecular weight excluding hydrogens is 214 g/mol. The maximum Gasteiger partial charge on any atom is 0.319 e. The Morgan fingerprint density at radius 1 is 1.24 bits per heavy atom. The van der Waals surface area contributed by atoms with Crippen LogP contribution in [0.5, 0.6) is 0 Å². The fraction of sp³-hybridized carbons (Fsp3) is 0.929. The van der Waals surface area contributed by atoms with E-state index < -0.39 is 0 Å². The van der Waals surface area contributed by atoms with Crippen molar-refractivity contribution in [2.45, 2.75) is 58.9 Å². The Balaban J connectivity index is 2.14. The Labute approximate surface area is 105 Å². The first-order chi connectivity index (χ1) is 8.11. The number of carbonyl (C=O) groups is 1. The van der Waals surface area contributed by atoms with E-state index in [9.17, 15) is 4.79 Å². The summed E-state index contributed by atoms with van der Waals surface area (Å²) in [5.41, 5.74) is 0. The molecule has 1 N–H and O–H groups in total. The highest BCUT2D eigenvalue weighted by molar-refractivity contribution is 5.71. The van der Waals surface area contributed by atoms with Gasteiger partial charge in [0, 0.05) is 6.04 Å². The van der Waals surface area contributed by atoms with Gasteiger partial charge in [-0.1, -0.05) is 27.2 Å². The molecule has 1 saturated carbocycles. The van der Waals surface area contributed by atoms with E-state index in [1.165, 1.54) is 19.3 Å². The summed E-state index contributed by atoms with van der Waals surface area (Å²) in [4.78, 5) is 11.4. The first-order valence-corrected chi connectivity index (χ1v) is 7.00. The lowest BCUT2D eigenvalue weighted by Crippen LogP contribution is -2.39. The monoisotopic (exact) mass is 241 g/mol. The summed E-state index contributed by atoms with van der Waals surface area (Å²) < 4.78 is 5.13. The first-order valence-electron chi connectivity index (χ1n) is 7.00. The minimum Gasteiger partial charge on any atom is -0.465 e. The quantitative estimate of drug-likeness (QED) is 0.574.